The number of aryl methyl sites for hydroxylation is 2. The molecule has 1 aliphatic heterocycles. The molecule has 1 amide bonds. The Kier molecular flexibility index (Phi) is 5.25. The summed E-state index contributed by atoms with van der Waals surface area (Å²) < 4.78 is 5.16. The van der Waals surface area contributed by atoms with Gasteiger partial charge in [0.05, 0.1) is 13.0 Å². The van der Waals surface area contributed by atoms with E-state index in [0.29, 0.717) is 24.7 Å². The Bertz CT molecular complexity index is 690. The third kappa shape index (κ3) is 4.00. The summed E-state index contributed by atoms with van der Waals surface area (Å²) >= 11 is 0. The number of nitrogens with zero attached hydrogens (tertiary/aromatic N) is 4. The highest BCUT2D eigenvalue weighted by molar-refractivity contribution is 5.79. The van der Waals surface area contributed by atoms with Crippen LogP contribution >= 0.6 is 0 Å². The third-order valence-electron chi connectivity index (χ3n) is 4.49. The predicted octanol–water partition coefficient (Wildman–Crippen LogP) is 1.83. The molecular formula is C18H24N4O2. The van der Waals surface area contributed by atoms with Crippen LogP contribution in [0.2, 0.25) is 0 Å². The SMILES string of the molecule is CCc1ccccc1CC(=O)N1CCN(Cc2nc(C)no2)CC1. The van der Waals surface area contributed by atoms with E-state index < -0.39 is 0 Å². The number of carbonyl (C=O) groups excluding carboxylic acids is 1. The van der Waals surface area contributed by atoms with Gasteiger partial charge in [-0.25, -0.2) is 0 Å². The molecule has 1 saturated heterocycles. The highest BCUT2D eigenvalue weighted by atomic mass is 16.5. The first-order valence-corrected chi connectivity index (χ1v) is 8.52. The van der Waals surface area contributed by atoms with Crippen LogP contribution in [0.4, 0.5) is 0 Å². The van der Waals surface area contributed by atoms with Crippen molar-refractivity contribution in [1.82, 2.24) is 19.9 Å². The first-order valence-electron chi connectivity index (χ1n) is 8.52. The number of rotatable bonds is 5. The zero-order valence-electron chi connectivity index (χ0n) is 14.4. The van der Waals surface area contributed by atoms with Crippen molar-refractivity contribution in [3.8, 4) is 0 Å². The molecule has 1 aromatic heterocycles. The van der Waals surface area contributed by atoms with Gasteiger partial charge in [0.25, 0.3) is 0 Å². The Morgan fingerprint density at radius 3 is 2.50 bits per heavy atom. The summed E-state index contributed by atoms with van der Waals surface area (Å²) in [4.78, 5) is 21.0. The fraction of sp³-hybridized carbons (Fsp3) is 0.500. The maximum atomic E-state index is 12.6. The minimum atomic E-state index is 0.212. The highest BCUT2D eigenvalue weighted by Crippen LogP contribution is 2.13. The first-order chi connectivity index (χ1) is 11.7. The number of hydrogen-bond donors (Lipinski definition) is 0. The third-order valence-corrected chi connectivity index (χ3v) is 4.49. The largest absolute Gasteiger partial charge is 0.340 e. The lowest BCUT2D eigenvalue weighted by atomic mass is 10.0. The van der Waals surface area contributed by atoms with E-state index in [1.807, 2.05) is 24.0 Å². The number of hydrogen-bond acceptors (Lipinski definition) is 5. The van der Waals surface area contributed by atoms with Crippen LogP contribution < -0.4 is 0 Å². The normalized spacial score (nSPS) is 15.7. The van der Waals surface area contributed by atoms with Gasteiger partial charge in [0, 0.05) is 26.2 Å². The first kappa shape index (κ1) is 16.6. The van der Waals surface area contributed by atoms with Crippen LogP contribution in [0.25, 0.3) is 0 Å². The molecule has 0 radical (unpaired) electrons. The lowest BCUT2D eigenvalue weighted by Crippen LogP contribution is -2.48. The summed E-state index contributed by atoms with van der Waals surface area (Å²) in [5.74, 6) is 1.52. The lowest BCUT2D eigenvalue weighted by Gasteiger charge is -2.34. The van der Waals surface area contributed by atoms with Gasteiger partial charge in [-0.15, -0.1) is 0 Å². The summed E-state index contributed by atoms with van der Waals surface area (Å²) in [7, 11) is 0. The van der Waals surface area contributed by atoms with E-state index in [1.165, 1.54) is 5.56 Å². The van der Waals surface area contributed by atoms with Crippen LogP contribution in [0.5, 0.6) is 0 Å². The van der Waals surface area contributed by atoms with E-state index in [2.05, 4.69) is 34.1 Å². The van der Waals surface area contributed by atoms with E-state index in [4.69, 9.17) is 4.52 Å². The molecule has 1 fully saturated rings. The number of amides is 1. The maximum absolute atomic E-state index is 12.6. The molecule has 2 heterocycles. The van der Waals surface area contributed by atoms with E-state index in [0.717, 1.165) is 38.2 Å². The Labute approximate surface area is 142 Å². The van der Waals surface area contributed by atoms with Crippen molar-refractivity contribution in [3.63, 3.8) is 0 Å². The summed E-state index contributed by atoms with van der Waals surface area (Å²) in [6.45, 7) is 7.77. The quantitative estimate of drug-likeness (QED) is 0.838. The molecule has 0 N–H and O–H groups in total. The summed E-state index contributed by atoms with van der Waals surface area (Å²) in [5.41, 5.74) is 2.41. The molecule has 2 aromatic rings. The van der Waals surface area contributed by atoms with E-state index in [1.54, 1.807) is 0 Å². The Hall–Kier alpha value is -2.21. The van der Waals surface area contributed by atoms with Crippen LogP contribution in [0.3, 0.4) is 0 Å². The van der Waals surface area contributed by atoms with Gasteiger partial charge in [0.2, 0.25) is 11.8 Å². The smallest absolute Gasteiger partial charge is 0.240 e. The van der Waals surface area contributed by atoms with E-state index in [-0.39, 0.29) is 5.91 Å². The van der Waals surface area contributed by atoms with Crippen molar-refractivity contribution in [2.24, 2.45) is 0 Å². The fourth-order valence-corrected chi connectivity index (χ4v) is 3.10. The second-order valence-corrected chi connectivity index (χ2v) is 6.19. The molecule has 128 valence electrons. The van der Waals surface area contributed by atoms with Gasteiger partial charge < -0.3 is 9.42 Å². The molecule has 6 heteroatoms. The van der Waals surface area contributed by atoms with Crippen molar-refractivity contribution in [2.75, 3.05) is 26.2 Å². The second-order valence-electron chi connectivity index (χ2n) is 6.19. The highest BCUT2D eigenvalue weighted by Gasteiger charge is 2.22. The molecule has 0 bridgehead atoms. The predicted molar refractivity (Wildman–Crippen MR) is 90.4 cm³/mol. The Morgan fingerprint density at radius 2 is 1.88 bits per heavy atom. The van der Waals surface area contributed by atoms with Gasteiger partial charge in [0.15, 0.2) is 5.82 Å². The fourth-order valence-electron chi connectivity index (χ4n) is 3.10. The van der Waals surface area contributed by atoms with Crippen molar-refractivity contribution in [3.05, 3.63) is 47.1 Å². The summed E-state index contributed by atoms with van der Waals surface area (Å²) in [6, 6.07) is 8.20. The number of benzene rings is 1. The molecular weight excluding hydrogens is 304 g/mol. The maximum Gasteiger partial charge on any atom is 0.240 e. The molecule has 1 aliphatic rings. The minimum Gasteiger partial charge on any atom is -0.340 e. The number of piperazine rings is 1. The average Bonchev–Trinajstić information content (AvgIpc) is 3.01. The lowest BCUT2D eigenvalue weighted by molar-refractivity contribution is -0.132. The molecule has 0 spiro atoms. The number of aromatic nitrogens is 2. The molecule has 0 atom stereocenters. The van der Waals surface area contributed by atoms with Crippen LogP contribution in [0.1, 0.15) is 29.8 Å². The van der Waals surface area contributed by atoms with Gasteiger partial charge in [-0.3, -0.25) is 9.69 Å². The molecule has 6 nitrogen and oxygen atoms in total. The van der Waals surface area contributed by atoms with E-state index in [9.17, 15) is 4.79 Å². The summed E-state index contributed by atoms with van der Waals surface area (Å²) in [5, 5.41) is 3.81. The topological polar surface area (TPSA) is 62.5 Å². The van der Waals surface area contributed by atoms with Crippen molar-refractivity contribution in [2.45, 2.75) is 33.2 Å². The molecule has 3 rings (SSSR count). The Balaban J connectivity index is 1.51. The van der Waals surface area contributed by atoms with Crippen LogP contribution in [-0.2, 0) is 24.2 Å². The van der Waals surface area contributed by atoms with Gasteiger partial charge in [-0.2, -0.15) is 4.98 Å². The van der Waals surface area contributed by atoms with Crippen molar-refractivity contribution < 1.29 is 9.32 Å². The standard InChI is InChI=1S/C18H24N4O2/c1-3-15-6-4-5-7-16(15)12-18(23)22-10-8-21(9-11-22)13-17-19-14(2)20-24-17/h4-7H,3,8-13H2,1-2H3. The molecule has 0 unspecified atom stereocenters. The molecule has 0 aliphatic carbocycles. The van der Waals surface area contributed by atoms with E-state index >= 15 is 0 Å². The zero-order chi connectivity index (χ0) is 16.9. The van der Waals surface area contributed by atoms with Gasteiger partial charge in [-0.05, 0) is 24.5 Å². The van der Waals surface area contributed by atoms with Crippen LogP contribution in [-0.4, -0.2) is 52.0 Å². The molecule has 1 aromatic carbocycles. The monoisotopic (exact) mass is 328 g/mol. The summed E-state index contributed by atoms with van der Waals surface area (Å²) in [6.07, 6.45) is 1.45. The number of carbonyl (C=O) groups is 1. The van der Waals surface area contributed by atoms with Gasteiger partial charge >= 0.3 is 0 Å². The second kappa shape index (κ2) is 7.57. The van der Waals surface area contributed by atoms with Crippen molar-refractivity contribution >= 4 is 5.91 Å². The van der Waals surface area contributed by atoms with Gasteiger partial charge in [0.1, 0.15) is 0 Å². The Morgan fingerprint density at radius 1 is 1.17 bits per heavy atom. The molecule has 0 saturated carbocycles. The van der Waals surface area contributed by atoms with Crippen LogP contribution in [0.15, 0.2) is 28.8 Å². The molecule has 24 heavy (non-hydrogen) atoms. The van der Waals surface area contributed by atoms with Crippen LogP contribution in [0, 0.1) is 6.92 Å². The van der Waals surface area contributed by atoms with Crippen molar-refractivity contribution in [1.29, 1.82) is 0 Å². The zero-order valence-corrected chi connectivity index (χ0v) is 14.4. The average molecular weight is 328 g/mol. The van der Waals surface area contributed by atoms with Gasteiger partial charge in [-0.1, -0.05) is 36.3 Å². The minimum absolute atomic E-state index is 0.212.